The van der Waals surface area contributed by atoms with Crippen LogP contribution in [0.15, 0.2) is 53.5 Å². The zero-order valence-electron chi connectivity index (χ0n) is 21.5. The zero-order chi connectivity index (χ0) is 26.9. The van der Waals surface area contributed by atoms with Gasteiger partial charge in [0.2, 0.25) is 10.0 Å². The van der Waals surface area contributed by atoms with Crippen molar-refractivity contribution in [2.75, 3.05) is 17.0 Å². The molecule has 4 aromatic rings. The molecule has 4 rings (SSSR count). The summed E-state index contributed by atoms with van der Waals surface area (Å²) in [4.78, 5) is 13.6. The van der Waals surface area contributed by atoms with E-state index in [0.29, 0.717) is 49.8 Å². The third-order valence-corrected chi connectivity index (χ3v) is 8.57. The fraction of sp³-hybridized carbons (Fsp3) is 0.296. The summed E-state index contributed by atoms with van der Waals surface area (Å²) in [5.74, 6) is 1.15. The normalized spacial score (nSPS) is 12.6. The highest BCUT2D eigenvalue weighted by molar-refractivity contribution is 7.92. The van der Waals surface area contributed by atoms with E-state index in [1.165, 1.54) is 15.9 Å². The maximum absolute atomic E-state index is 13.0. The molecule has 0 fully saturated rings. The Labute approximate surface area is 220 Å². The molecular weight excluding hydrogens is 510 g/mol. The molecule has 1 atom stereocenters. The molecule has 37 heavy (non-hydrogen) atoms. The first-order chi connectivity index (χ1) is 17.5. The Bertz CT molecular complexity index is 1600. The molecule has 0 amide bonds. The van der Waals surface area contributed by atoms with E-state index in [-0.39, 0.29) is 11.3 Å². The van der Waals surface area contributed by atoms with Crippen molar-refractivity contribution in [2.45, 2.75) is 33.9 Å². The Morgan fingerprint density at radius 2 is 1.78 bits per heavy atom. The number of aromatic nitrogens is 1. The first-order valence-corrected chi connectivity index (χ1v) is 14.4. The molecule has 10 heteroatoms. The van der Waals surface area contributed by atoms with Gasteiger partial charge in [0, 0.05) is 40.3 Å². The highest BCUT2D eigenvalue weighted by Gasteiger charge is 2.21. The second-order valence-electron chi connectivity index (χ2n) is 8.85. The number of fused-ring (bicyclic) bond motifs is 1. The number of aliphatic hydroxyl groups is 1. The molecule has 0 aliphatic rings. The Hall–Kier alpha value is -3.18. The lowest BCUT2D eigenvalue weighted by atomic mass is 10.0. The number of nitrogens with one attached hydrogen (secondary N) is 2. The maximum Gasteiger partial charge on any atom is 0.268 e. The van der Waals surface area contributed by atoms with Crippen LogP contribution in [0.3, 0.4) is 0 Å². The second-order valence-corrected chi connectivity index (χ2v) is 11.9. The summed E-state index contributed by atoms with van der Waals surface area (Å²) in [6.07, 6.45) is 0.805. The molecule has 196 valence electrons. The molecule has 0 bridgehead atoms. The van der Waals surface area contributed by atoms with Crippen LogP contribution in [0.2, 0.25) is 0 Å². The van der Waals surface area contributed by atoms with Crippen LogP contribution in [0, 0.1) is 13.8 Å². The summed E-state index contributed by atoms with van der Waals surface area (Å²) in [6, 6.07) is 12.8. The van der Waals surface area contributed by atoms with Gasteiger partial charge in [0.25, 0.3) is 5.56 Å². The van der Waals surface area contributed by atoms with Crippen molar-refractivity contribution in [1.29, 1.82) is 0 Å². The maximum atomic E-state index is 13.0. The summed E-state index contributed by atoms with van der Waals surface area (Å²) in [5.41, 5.74) is 3.41. The standard InChI is InChI=1S/C27H31N3O5S2/c1-6-28-26(31)23-14-20-21(15-30(5)27(32)25(20)36-23)19-13-18(29-37(33,34)7-2)11-12-22(19)35-24-16(3)9-8-10-17(24)4/h8-15,26,28-29,31H,6-7H2,1-5H3. The quantitative estimate of drug-likeness (QED) is 0.256. The van der Waals surface area contributed by atoms with E-state index in [1.807, 2.05) is 39.0 Å². The SMILES string of the molecule is CCNC(O)c1cc2c(-c3cc(NS(=O)(=O)CC)ccc3Oc3c(C)cccc3C)cn(C)c(=O)c2s1. The number of hydrogen-bond acceptors (Lipinski definition) is 7. The number of anilines is 1. The van der Waals surface area contributed by atoms with E-state index in [0.717, 1.165) is 11.1 Å². The largest absolute Gasteiger partial charge is 0.456 e. The molecule has 0 saturated carbocycles. The van der Waals surface area contributed by atoms with Gasteiger partial charge < -0.3 is 14.4 Å². The highest BCUT2D eigenvalue weighted by Crippen LogP contribution is 2.42. The summed E-state index contributed by atoms with van der Waals surface area (Å²) in [5, 5.41) is 14.2. The van der Waals surface area contributed by atoms with Crippen LogP contribution in [0.25, 0.3) is 21.2 Å². The number of pyridine rings is 1. The van der Waals surface area contributed by atoms with Crippen LogP contribution < -0.4 is 20.3 Å². The summed E-state index contributed by atoms with van der Waals surface area (Å²) < 4.78 is 35.6. The number of nitrogens with zero attached hydrogens (tertiary/aromatic N) is 1. The number of sulfonamides is 1. The van der Waals surface area contributed by atoms with Gasteiger partial charge in [-0.3, -0.25) is 14.8 Å². The predicted molar refractivity (Wildman–Crippen MR) is 150 cm³/mol. The van der Waals surface area contributed by atoms with Crippen LogP contribution in [0.1, 0.15) is 36.1 Å². The lowest BCUT2D eigenvalue weighted by Gasteiger charge is -2.17. The minimum absolute atomic E-state index is 0.0662. The van der Waals surface area contributed by atoms with Gasteiger partial charge in [-0.25, -0.2) is 8.42 Å². The number of ether oxygens (including phenoxy) is 1. The molecule has 2 aromatic carbocycles. The number of benzene rings is 2. The van der Waals surface area contributed by atoms with Gasteiger partial charge in [0.15, 0.2) is 0 Å². The molecular formula is C27H31N3O5S2. The number of rotatable bonds is 9. The monoisotopic (exact) mass is 541 g/mol. The highest BCUT2D eigenvalue weighted by atomic mass is 32.2. The molecule has 0 radical (unpaired) electrons. The van der Waals surface area contributed by atoms with Gasteiger partial charge in [0.05, 0.1) is 5.75 Å². The average Bonchev–Trinajstić information content (AvgIpc) is 3.30. The molecule has 0 aliphatic heterocycles. The number of thiophene rings is 1. The van der Waals surface area contributed by atoms with Crippen molar-refractivity contribution >= 4 is 37.1 Å². The molecule has 0 aliphatic carbocycles. The topological polar surface area (TPSA) is 110 Å². The van der Waals surface area contributed by atoms with Gasteiger partial charge in [0.1, 0.15) is 22.4 Å². The molecule has 3 N–H and O–H groups in total. The molecule has 1 unspecified atom stereocenters. The third-order valence-electron chi connectivity index (χ3n) is 6.09. The summed E-state index contributed by atoms with van der Waals surface area (Å²) in [7, 11) is -1.85. The number of para-hydroxylation sites is 1. The fourth-order valence-electron chi connectivity index (χ4n) is 4.11. The van der Waals surface area contributed by atoms with E-state index in [2.05, 4.69) is 10.0 Å². The van der Waals surface area contributed by atoms with Crippen molar-refractivity contribution in [1.82, 2.24) is 9.88 Å². The van der Waals surface area contributed by atoms with E-state index in [1.54, 1.807) is 44.4 Å². The number of aliphatic hydroxyl groups excluding tert-OH is 1. The van der Waals surface area contributed by atoms with Crippen LogP contribution in [-0.4, -0.2) is 30.4 Å². The molecule has 8 nitrogen and oxygen atoms in total. The van der Waals surface area contributed by atoms with Crippen molar-refractivity contribution < 1.29 is 18.3 Å². The van der Waals surface area contributed by atoms with Gasteiger partial charge in [-0.05, 0) is 62.7 Å². The van der Waals surface area contributed by atoms with Crippen molar-refractivity contribution in [2.24, 2.45) is 7.05 Å². The lowest BCUT2D eigenvalue weighted by molar-refractivity contribution is 0.145. The Kier molecular flexibility index (Phi) is 7.75. The number of aryl methyl sites for hydroxylation is 3. The van der Waals surface area contributed by atoms with Crippen LogP contribution in [-0.2, 0) is 17.1 Å². The van der Waals surface area contributed by atoms with E-state index < -0.39 is 16.3 Å². The Morgan fingerprint density at radius 3 is 2.43 bits per heavy atom. The van der Waals surface area contributed by atoms with Gasteiger partial charge >= 0.3 is 0 Å². The zero-order valence-corrected chi connectivity index (χ0v) is 23.1. The average molecular weight is 542 g/mol. The predicted octanol–water partition coefficient (Wildman–Crippen LogP) is 5.04. The first kappa shape index (κ1) is 26.9. The van der Waals surface area contributed by atoms with Crippen LogP contribution >= 0.6 is 11.3 Å². The summed E-state index contributed by atoms with van der Waals surface area (Å²) >= 11 is 1.23. The molecule has 0 saturated heterocycles. The van der Waals surface area contributed by atoms with E-state index in [4.69, 9.17) is 4.74 Å². The minimum Gasteiger partial charge on any atom is -0.456 e. The van der Waals surface area contributed by atoms with Crippen molar-refractivity contribution in [3.63, 3.8) is 0 Å². The molecule has 2 heterocycles. The smallest absolute Gasteiger partial charge is 0.268 e. The van der Waals surface area contributed by atoms with Gasteiger partial charge in [-0.15, -0.1) is 11.3 Å². The fourth-order valence-corrected chi connectivity index (χ4v) is 5.86. The molecule has 0 spiro atoms. The third kappa shape index (κ3) is 5.57. The van der Waals surface area contributed by atoms with Gasteiger partial charge in [-0.2, -0.15) is 0 Å². The van der Waals surface area contributed by atoms with E-state index in [9.17, 15) is 18.3 Å². The van der Waals surface area contributed by atoms with Crippen molar-refractivity contribution in [3.05, 3.63) is 75.0 Å². The van der Waals surface area contributed by atoms with Crippen LogP contribution in [0.5, 0.6) is 11.5 Å². The van der Waals surface area contributed by atoms with Crippen LogP contribution in [0.4, 0.5) is 5.69 Å². The lowest BCUT2D eigenvalue weighted by Crippen LogP contribution is -2.18. The minimum atomic E-state index is -3.51. The van der Waals surface area contributed by atoms with Gasteiger partial charge in [-0.1, -0.05) is 25.1 Å². The Balaban J connectivity index is 1.97. The molecule has 2 aromatic heterocycles. The summed E-state index contributed by atoms with van der Waals surface area (Å²) in [6.45, 7) is 7.95. The van der Waals surface area contributed by atoms with Crippen molar-refractivity contribution in [3.8, 4) is 22.6 Å². The van der Waals surface area contributed by atoms with E-state index >= 15 is 0 Å². The first-order valence-electron chi connectivity index (χ1n) is 12.0. The Morgan fingerprint density at radius 1 is 1.08 bits per heavy atom. The number of hydrogen-bond donors (Lipinski definition) is 3. The second kappa shape index (κ2) is 10.7.